The number of halogens is 1. The van der Waals surface area contributed by atoms with Crippen molar-refractivity contribution >= 4 is 29.9 Å². The molecule has 28 heavy (non-hydrogen) atoms. The minimum Gasteiger partial charge on any atom is -0.376 e. The predicted octanol–water partition coefficient (Wildman–Crippen LogP) is 3.63. The third kappa shape index (κ3) is 7.19. The van der Waals surface area contributed by atoms with Crippen molar-refractivity contribution in [1.82, 2.24) is 15.5 Å². The molecule has 0 amide bonds. The van der Waals surface area contributed by atoms with Gasteiger partial charge in [-0.05, 0) is 42.2 Å². The summed E-state index contributed by atoms with van der Waals surface area (Å²) in [6.07, 6.45) is 3.98. The fourth-order valence-electron chi connectivity index (χ4n) is 4.46. The minimum absolute atomic E-state index is 0. The molecule has 0 spiro atoms. The normalized spacial score (nSPS) is 26.0. The van der Waals surface area contributed by atoms with Crippen molar-refractivity contribution < 1.29 is 4.74 Å². The molecule has 3 unspecified atom stereocenters. The van der Waals surface area contributed by atoms with E-state index in [1.807, 2.05) is 7.05 Å². The number of hydrogen-bond donors (Lipinski definition) is 2. The summed E-state index contributed by atoms with van der Waals surface area (Å²) < 4.78 is 5.68. The molecule has 0 aromatic heterocycles. The Morgan fingerprint density at radius 3 is 2.50 bits per heavy atom. The maximum atomic E-state index is 5.68. The highest BCUT2D eigenvalue weighted by Crippen LogP contribution is 2.23. The number of nitrogens with zero attached hydrogens (tertiary/aromatic N) is 2. The van der Waals surface area contributed by atoms with Crippen LogP contribution in [0.2, 0.25) is 0 Å². The zero-order valence-corrected chi connectivity index (χ0v) is 19.9. The third-order valence-corrected chi connectivity index (χ3v) is 5.65. The van der Waals surface area contributed by atoms with Gasteiger partial charge in [-0.3, -0.25) is 9.89 Å². The van der Waals surface area contributed by atoms with E-state index in [9.17, 15) is 0 Å². The van der Waals surface area contributed by atoms with E-state index >= 15 is 0 Å². The van der Waals surface area contributed by atoms with Gasteiger partial charge in [0, 0.05) is 46.4 Å². The number of nitrogens with one attached hydrogen (secondary N) is 2. The van der Waals surface area contributed by atoms with Crippen molar-refractivity contribution in [3.63, 3.8) is 0 Å². The van der Waals surface area contributed by atoms with Gasteiger partial charge >= 0.3 is 0 Å². The molecule has 2 fully saturated rings. The molecular formula is C22H37IN4O. The van der Waals surface area contributed by atoms with Crippen LogP contribution in [-0.4, -0.2) is 50.3 Å². The van der Waals surface area contributed by atoms with Gasteiger partial charge in [-0.25, -0.2) is 0 Å². The highest BCUT2D eigenvalue weighted by Gasteiger charge is 2.22. The quantitative estimate of drug-likeness (QED) is 0.356. The van der Waals surface area contributed by atoms with E-state index in [1.54, 1.807) is 0 Å². The number of aliphatic imine (C=N–C) groups is 1. The fraction of sp³-hybridized carbons (Fsp3) is 0.682. The lowest BCUT2D eigenvalue weighted by Gasteiger charge is -2.35. The Hall–Kier alpha value is -0.860. The summed E-state index contributed by atoms with van der Waals surface area (Å²) in [5.41, 5.74) is 2.77. The van der Waals surface area contributed by atoms with E-state index < -0.39 is 0 Å². The van der Waals surface area contributed by atoms with Crippen LogP contribution in [0.5, 0.6) is 0 Å². The molecule has 0 radical (unpaired) electrons. The number of piperidine rings is 1. The smallest absolute Gasteiger partial charge is 0.191 e. The molecule has 0 bridgehead atoms. The minimum atomic E-state index is 0. The number of guanidine groups is 1. The number of benzene rings is 1. The van der Waals surface area contributed by atoms with Gasteiger partial charge < -0.3 is 15.4 Å². The molecule has 2 N–H and O–H groups in total. The van der Waals surface area contributed by atoms with Gasteiger partial charge in [-0.1, -0.05) is 38.1 Å². The van der Waals surface area contributed by atoms with Gasteiger partial charge in [0.25, 0.3) is 0 Å². The first-order chi connectivity index (χ1) is 13.1. The van der Waals surface area contributed by atoms with Crippen LogP contribution in [0.15, 0.2) is 29.3 Å². The first kappa shape index (κ1) is 23.4. The van der Waals surface area contributed by atoms with Gasteiger partial charge in [0.15, 0.2) is 5.96 Å². The molecule has 2 aliphatic heterocycles. The summed E-state index contributed by atoms with van der Waals surface area (Å²) in [5.74, 6) is 2.43. The fourth-order valence-corrected chi connectivity index (χ4v) is 4.46. The van der Waals surface area contributed by atoms with Crippen LogP contribution < -0.4 is 10.6 Å². The molecule has 0 saturated carbocycles. The Bertz CT molecular complexity index is 608. The number of ether oxygens (including phenoxy) is 1. The van der Waals surface area contributed by atoms with E-state index in [0.717, 1.165) is 50.5 Å². The molecule has 1 aromatic rings. The summed E-state index contributed by atoms with van der Waals surface area (Å²) in [5, 5.41) is 6.87. The van der Waals surface area contributed by atoms with E-state index in [0.29, 0.717) is 6.10 Å². The van der Waals surface area contributed by atoms with Crippen LogP contribution >= 0.6 is 24.0 Å². The summed E-state index contributed by atoms with van der Waals surface area (Å²) in [7, 11) is 1.83. The first-order valence-electron chi connectivity index (χ1n) is 10.5. The van der Waals surface area contributed by atoms with E-state index in [-0.39, 0.29) is 24.0 Å². The van der Waals surface area contributed by atoms with Gasteiger partial charge in [0.1, 0.15) is 0 Å². The summed E-state index contributed by atoms with van der Waals surface area (Å²) in [6.45, 7) is 10.7. The maximum Gasteiger partial charge on any atom is 0.191 e. The monoisotopic (exact) mass is 500 g/mol. The van der Waals surface area contributed by atoms with Crippen molar-refractivity contribution in [2.24, 2.45) is 16.8 Å². The average Bonchev–Trinajstić information content (AvgIpc) is 3.16. The molecule has 3 atom stereocenters. The standard InChI is InChI=1S/C22H36N4O.HI/c1-17-11-18(2)15-26(14-17)16-20-8-5-4-7-19(20)12-24-22(23-3)25-13-21-9-6-10-27-21;/h4-5,7-8,17-18,21H,6,9-16H2,1-3H3,(H2,23,24,25);1H. The second-order valence-corrected chi connectivity index (χ2v) is 8.35. The zero-order chi connectivity index (χ0) is 19.1. The maximum absolute atomic E-state index is 5.68. The SMILES string of the molecule is CN=C(NCc1ccccc1CN1CC(C)CC(C)C1)NCC1CCCO1.I. The van der Waals surface area contributed by atoms with Crippen molar-refractivity contribution in [3.8, 4) is 0 Å². The highest BCUT2D eigenvalue weighted by molar-refractivity contribution is 14.0. The van der Waals surface area contributed by atoms with Gasteiger partial charge in [-0.2, -0.15) is 0 Å². The second kappa shape index (κ2) is 12.0. The van der Waals surface area contributed by atoms with Crippen molar-refractivity contribution in [3.05, 3.63) is 35.4 Å². The average molecular weight is 500 g/mol. The van der Waals surface area contributed by atoms with E-state index in [1.165, 1.54) is 37.1 Å². The summed E-state index contributed by atoms with van der Waals surface area (Å²) in [6, 6.07) is 8.78. The van der Waals surface area contributed by atoms with Gasteiger partial charge in [0.05, 0.1) is 6.10 Å². The lowest BCUT2D eigenvalue weighted by Crippen LogP contribution is -2.41. The predicted molar refractivity (Wildman–Crippen MR) is 127 cm³/mol. The Labute approximate surface area is 187 Å². The molecule has 0 aliphatic carbocycles. The van der Waals surface area contributed by atoms with Gasteiger partial charge in [-0.15, -0.1) is 24.0 Å². The van der Waals surface area contributed by atoms with Crippen LogP contribution in [-0.2, 0) is 17.8 Å². The topological polar surface area (TPSA) is 48.9 Å². The van der Waals surface area contributed by atoms with Crippen LogP contribution in [0.4, 0.5) is 0 Å². The van der Waals surface area contributed by atoms with Crippen LogP contribution in [0.25, 0.3) is 0 Å². The number of hydrogen-bond acceptors (Lipinski definition) is 3. The molecule has 2 heterocycles. The molecule has 1 aromatic carbocycles. The zero-order valence-electron chi connectivity index (χ0n) is 17.6. The molecule has 6 heteroatoms. The Kier molecular flexibility index (Phi) is 10.0. The number of likely N-dealkylation sites (tertiary alicyclic amines) is 1. The summed E-state index contributed by atoms with van der Waals surface area (Å²) in [4.78, 5) is 6.97. The molecule has 5 nitrogen and oxygen atoms in total. The van der Waals surface area contributed by atoms with Crippen LogP contribution in [0.1, 0.15) is 44.2 Å². The molecule has 2 aliphatic rings. The first-order valence-corrected chi connectivity index (χ1v) is 10.5. The highest BCUT2D eigenvalue weighted by atomic mass is 127. The van der Waals surface area contributed by atoms with Crippen LogP contribution in [0.3, 0.4) is 0 Å². The van der Waals surface area contributed by atoms with Crippen molar-refractivity contribution in [2.75, 3.05) is 33.3 Å². The van der Waals surface area contributed by atoms with Crippen molar-refractivity contribution in [2.45, 2.75) is 52.3 Å². The largest absolute Gasteiger partial charge is 0.376 e. The lowest BCUT2D eigenvalue weighted by molar-refractivity contribution is 0.114. The Morgan fingerprint density at radius 2 is 1.86 bits per heavy atom. The van der Waals surface area contributed by atoms with Crippen LogP contribution in [0, 0.1) is 11.8 Å². The van der Waals surface area contributed by atoms with E-state index in [2.05, 4.69) is 58.6 Å². The lowest BCUT2D eigenvalue weighted by atomic mass is 9.91. The van der Waals surface area contributed by atoms with Gasteiger partial charge in [0.2, 0.25) is 0 Å². The summed E-state index contributed by atoms with van der Waals surface area (Å²) >= 11 is 0. The second-order valence-electron chi connectivity index (χ2n) is 8.35. The van der Waals surface area contributed by atoms with E-state index in [4.69, 9.17) is 4.74 Å². The Morgan fingerprint density at radius 1 is 1.14 bits per heavy atom. The Balaban J connectivity index is 0.00000280. The third-order valence-electron chi connectivity index (χ3n) is 5.65. The number of rotatable bonds is 6. The molecule has 2 saturated heterocycles. The molecule has 158 valence electrons. The molecular weight excluding hydrogens is 463 g/mol. The molecule has 3 rings (SSSR count). The van der Waals surface area contributed by atoms with Crippen molar-refractivity contribution in [1.29, 1.82) is 0 Å².